The van der Waals surface area contributed by atoms with Gasteiger partial charge in [-0.3, -0.25) is 14.4 Å². The van der Waals surface area contributed by atoms with Gasteiger partial charge in [-0.15, -0.1) is 11.3 Å². The molecule has 2 aromatic heterocycles. The highest BCUT2D eigenvalue weighted by atomic mass is 32.1. The third-order valence-electron chi connectivity index (χ3n) is 4.84. The van der Waals surface area contributed by atoms with Crippen LogP contribution in [-0.4, -0.2) is 28.4 Å². The van der Waals surface area contributed by atoms with E-state index in [-0.39, 0.29) is 24.5 Å². The van der Waals surface area contributed by atoms with E-state index in [1.165, 1.54) is 11.3 Å². The van der Waals surface area contributed by atoms with Crippen LogP contribution in [0.1, 0.15) is 24.7 Å². The maximum absolute atomic E-state index is 12.5. The molecule has 1 fully saturated rings. The summed E-state index contributed by atoms with van der Waals surface area (Å²) in [4.78, 5) is 45.5. The van der Waals surface area contributed by atoms with E-state index in [0.717, 1.165) is 17.7 Å². The fourth-order valence-corrected chi connectivity index (χ4v) is 4.14. The maximum atomic E-state index is 12.5. The number of rotatable bonds is 5. The van der Waals surface area contributed by atoms with Gasteiger partial charge in [-0.1, -0.05) is 25.1 Å². The van der Waals surface area contributed by atoms with Crippen LogP contribution in [0.5, 0.6) is 0 Å². The molecule has 1 N–H and O–H groups in total. The number of H-pyrrole nitrogens is 1. The first-order chi connectivity index (χ1) is 13.6. The number of nitrogens with zero attached hydrogens (tertiary/aromatic N) is 2. The Morgan fingerprint density at radius 2 is 2.14 bits per heavy atom. The SMILES string of the molecule is CCc1ccccc1N1C[C@H](C(=O)OCc2nc3ccsc3c(=O)[nH]2)CC1=O. The Hall–Kier alpha value is -3.00. The van der Waals surface area contributed by atoms with Gasteiger partial charge in [-0.05, 0) is 29.5 Å². The predicted octanol–water partition coefficient (Wildman–Crippen LogP) is 2.64. The Bertz CT molecular complexity index is 1100. The van der Waals surface area contributed by atoms with Gasteiger partial charge in [0.15, 0.2) is 0 Å². The maximum Gasteiger partial charge on any atom is 0.311 e. The van der Waals surface area contributed by atoms with E-state index in [9.17, 15) is 14.4 Å². The van der Waals surface area contributed by atoms with Gasteiger partial charge in [0.1, 0.15) is 17.1 Å². The lowest BCUT2D eigenvalue weighted by Crippen LogP contribution is -2.27. The molecule has 1 saturated heterocycles. The quantitative estimate of drug-likeness (QED) is 0.668. The van der Waals surface area contributed by atoms with Crippen LogP contribution < -0.4 is 10.5 Å². The van der Waals surface area contributed by atoms with Gasteiger partial charge < -0.3 is 14.6 Å². The highest BCUT2D eigenvalue weighted by Gasteiger charge is 2.36. The molecule has 3 aromatic rings. The molecule has 8 heteroatoms. The molecular weight excluding hydrogens is 378 g/mol. The number of hydrogen-bond acceptors (Lipinski definition) is 6. The lowest BCUT2D eigenvalue weighted by Gasteiger charge is -2.19. The van der Waals surface area contributed by atoms with Crippen molar-refractivity contribution < 1.29 is 14.3 Å². The number of ether oxygens (including phenoxy) is 1. The summed E-state index contributed by atoms with van der Waals surface area (Å²) < 4.78 is 5.88. The van der Waals surface area contributed by atoms with E-state index in [0.29, 0.717) is 22.6 Å². The number of esters is 1. The van der Waals surface area contributed by atoms with E-state index < -0.39 is 11.9 Å². The minimum Gasteiger partial charge on any atom is -0.457 e. The van der Waals surface area contributed by atoms with E-state index in [2.05, 4.69) is 9.97 Å². The van der Waals surface area contributed by atoms with Crippen LogP contribution in [0.3, 0.4) is 0 Å². The number of benzene rings is 1. The van der Waals surface area contributed by atoms with Crippen LogP contribution in [0.4, 0.5) is 5.69 Å². The second-order valence-electron chi connectivity index (χ2n) is 6.64. The summed E-state index contributed by atoms with van der Waals surface area (Å²) in [6.45, 7) is 2.20. The molecule has 7 nitrogen and oxygen atoms in total. The van der Waals surface area contributed by atoms with Crippen LogP contribution in [0, 0.1) is 5.92 Å². The monoisotopic (exact) mass is 397 g/mol. The van der Waals surface area contributed by atoms with Gasteiger partial charge in [-0.25, -0.2) is 4.98 Å². The Morgan fingerprint density at radius 3 is 2.96 bits per heavy atom. The molecule has 28 heavy (non-hydrogen) atoms. The average Bonchev–Trinajstić information content (AvgIpc) is 3.33. The number of para-hydroxylation sites is 1. The number of aromatic amines is 1. The second-order valence-corrected chi connectivity index (χ2v) is 7.56. The number of aryl methyl sites for hydroxylation is 1. The van der Waals surface area contributed by atoms with Crippen molar-refractivity contribution >= 4 is 39.1 Å². The molecule has 0 radical (unpaired) electrons. The van der Waals surface area contributed by atoms with Crippen molar-refractivity contribution in [3.8, 4) is 0 Å². The van der Waals surface area contributed by atoms with Crippen molar-refractivity contribution in [2.45, 2.75) is 26.4 Å². The number of hydrogen-bond donors (Lipinski definition) is 1. The number of carbonyl (C=O) groups is 2. The number of amides is 1. The Balaban J connectivity index is 1.44. The molecule has 1 aliphatic heterocycles. The largest absolute Gasteiger partial charge is 0.457 e. The standard InChI is InChI=1S/C20H19N3O4S/c1-2-12-5-3-4-6-15(12)23-10-13(9-17(23)24)20(26)27-11-16-21-14-7-8-28-18(14)19(25)22-16/h3-8,13H,2,9-11H2,1H3,(H,21,22,25)/t13-/m1/s1. The highest BCUT2D eigenvalue weighted by molar-refractivity contribution is 7.17. The lowest BCUT2D eigenvalue weighted by atomic mass is 10.1. The first-order valence-corrected chi connectivity index (χ1v) is 9.96. The summed E-state index contributed by atoms with van der Waals surface area (Å²) in [5.41, 5.74) is 2.25. The third-order valence-corrected chi connectivity index (χ3v) is 5.74. The summed E-state index contributed by atoms with van der Waals surface area (Å²) in [6.07, 6.45) is 0.920. The van der Waals surface area contributed by atoms with Gasteiger partial charge in [0.25, 0.3) is 5.56 Å². The van der Waals surface area contributed by atoms with Gasteiger partial charge in [0.2, 0.25) is 5.91 Å². The van der Waals surface area contributed by atoms with Crippen LogP contribution in [0.2, 0.25) is 0 Å². The summed E-state index contributed by atoms with van der Waals surface area (Å²) in [5, 5.41) is 1.79. The molecular formula is C20H19N3O4S. The zero-order valence-electron chi connectivity index (χ0n) is 15.3. The van der Waals surface area contributed by atoms with Crippen molar-refractivity contribution in [3.05, 3.63) is 57.5 Å². The number of thiophene rings is 1. The van der Waals surface area contributed by atoms with Crippen LogP contribution in [0.25, 0.3) is 10.2 Å². The van der Waals surface area contributed by atoms with Crippen molar-refractivity contribution in [1.29, 1.82) is 0 Å². The molecule has 0 bridgehead atoms. The van der Waals surface area contributed by atoms with Gasteiger partial charge in [0.05, 0.1) is 11.4 Å². The van der Waals surface area contributed by atoms with Gasteiger partial charge in [-0.2, -0.15) is 0 Å². The topological polar surface area (TPSA) is 92.4 Å². The van der Waals surface area contributed by atoms with Crippen LogP contribution in [0.15, 0.2) is 40.5 Å². The molecule has 1 aromatic carbocycles. The normalized spacial score (nSPS) is 16.7. The summed E-state index contributed by atoms with van der Waals surface area (Å²) in [7, 11) is 0. The minimum absolute atomic E-state index is 0.0888. The Labute approximate surface area is 165 Å². The highest BCUT2D eigenvalue weighted by Crippen LogP contribution is 2.29. The zero-order chi connectivity index (χ0) is 19.7. The fraction of sp³-hybridized carbons (Fsp3) is 0.300. The molecule has 4 rings (SSSR count). The number of fused-ring (bicyclic) bond motifs is 1. The van der Waals surface area contributed by atoms with Crippen LogP contribution in [-0.2, 0) is 27.4 Å². The number of carbonyl (C=O) groups excluding carboxylic acids is 2. The molecule has 0 unspecified atom stereocenters. The molecule has 1 aliphatic rings. The van der Waals surface area contributed by atoms with E-state index >= 15 is 0 Å². The molecule has 144 valence electrons. The molecule has 0 saturated carbocycles. The molecule has 3 heterocycles. The van der Waals surface area contributed by atoms with Gasteiger partial charge in [0, 0.05) is 18.7 Å². The Kier molecular flexibility index (Phi) is 4.95. The number of anilines is 1. The van der Waals surface area contributed by atoms with E-state index in [1.807, 2.05) is 31.2 Å². The molecule has 0 aliphatic carbocycles. The van der Waals surface area contributed by atoms with Crippen molar-refractivity contribution in [3.63, 3.8) is 0 Å². The van der Waals surface area contributed by atoms with Crippen molar-refractivity contribution in [2.75, 3.05) is 11.4 Å². The van der Waals surface area contributed by atoms with Crippen molar-refractivity contribution in [1.82, 2.24) is 9.97 Å². The second kappa shape index (κ2) is 7.55. The predicted molar refractivity (Wildman–Crippen MR) is 106 cm³/mol. The summed E-state index contributed by atoms with van der Waals surface area (Å²) in [6, 6.07) is 9.45. The smallest absolute Gasteiger partial charge is 0.311 e. The first-order valence-electron chi connectivity index (χ1n) is 9.08. The van der Waals surface area contributed by atoms with E-state index in [4.69, 9.17) is 4.74 Å². The molecule has 0 spiro atoms. The van der Waals surface area contributed by atoms with Crippen LogP contribution >= 0.6 is 11.3 Å². The molecule has 1 atom stereocenters. The third kappa shape index (κ3) is 3.43. The summed E-state index contributed by atoms with van der Waals surface area (Å²) in [5.74, 6) is -0.789. The minimum atomic E-state index is -0.533. The van der Waals surface area contributed by atoms with Crippen molar-refractivity contribution in [2.24, 2.45) is 5.92 Å². The first kappa shape index (κ1) is 18.4. The van der Waals surface area contributed by atoms with Gasteiger partial charge >= 0.3 is 5.97 Å². The lowest BCUT2D eigenvalue weighted by molar-refractivity contribution is -0.149. The zero-order valence-corrected chi connectivity index (χ0v) is 16.1. The summed E-state index contributed by atoms with van der Waals surface area (Å²) >= 11 is 1.31. The number of nitrogens with one attached hydrogen (secondary N) is 1. The Morgan fingerprint density at radius 1 is 1.32 bits per heavy atom. The molecule has 1 amide bonds. The fourth-order valence-electron chi connectivity index (χ4n) is 3.42. The van der Waals surface area contributed by atoms with E-state index in [1.54, 1.807) is 16.3 Å². The number of aromatic nitrogens is 2. The average molecular weight is 397 g/mol.